The largest absolute Gasteiger partial charge is 0.220 e. The number of halogens is 1. The highest BCUT2D eigenvalue weighted by atomic mass is 35.5. The standard InChI is InChI=1S/C14H18ClN3/c1-14(2,3)11-4-6-13(7-5-11)18-10-12(8-9-15)16-17-18/h4-7,10H,8-9H2,1-3H3. The molecule has 1 aromatic carbocycles. The molecule has 0 aliphatic rings. The molecular weight excluding hydrogens is 246 g/mol. The molecule has 0 bridgehead atoms. The number of aromatic nitrogens is 3. The van der Waals surface area contributed by atoms with E-state index in [1.807, 2.05) is 6.20 Å². The van der Waals surface area contributed by atoms with E-state index in [-0.39, 0.29) is 5.41 Å². The Labute approximate surface area is 113 Å². The molecule has 3 nitrogen and oxygen atoms in total. The summed E-state index contributed by atoms with van der Waals surface area (Å²) in [5, 5.41) is 8.19. The van der Waals surface area contributed by atoms with E-state index in [0.717, 1.165) is 17.8 Å². The van der Waals surface area contributed by atoms with Crippen LogP contribution in [-0.4, -0.2) is 20.9 Å². The molecule has 18 heavy (non-hydrogen) atoms. The third kappa shape index (κ3) is 2.91. The quantitative estimate of drug-likeness (QED) is 0.795. The summed E-state index contributed by atoms with van der Waals surface area (Å²) in [5.41, 5.74) is 3.43. The predicted octanol–water partition coefficient (Wildman–Crippen LogP) is 3.35. The predicted molar refractivity (Wildman–Crippen MR) is 74.5 cm³/mol. The van der Waals surface area contributed by atoms with E-state index in [1.54, 1.807) is 4.68 Å². The Balaban J connectivity index is 2.23. The van der Waals surface area contributed by atoms with Gasteiger partial charge < -0.3 is 0 Å². The second kappa shape index (κ2) is 5.11. The molecule has 4 heteroatoms. The van der Waals surface area contributed by atoms with E-state index >= 15 is 0 Å². The first kappa shape index (κ1) is 13.1. The molecule has 0 spiro atoms. The van der Waals surface area contributed by atoms with Gasteiger partial charge in [-0.1, -0.05) is 38.1 Å². The van der Waals surface area contributed by atoms with Crippen LogP contribution in [0.2, 0.25) is 0 Å². The Kier molecular flexibility index (Phi) is 3.71. The van der Waals surface area contributed by atoms with Gasteiger partial charge in [0.15, 0.2) is 0 Å². The summed E-state index contributed by atoms with van der Waals surface area (Å²) >= 11 is 5.69. The Morgan fingerprint density at radius 1 is 1.17 bits per heavy atom. The molecule has 0 unspecified atom stereocenters. The van der Waals surface area contributed by atoms with Gasteiger partial charge in [0.05, 0.1) is 17.6 Å². The van der Waals surface area contributed by atoms with E-state index < -0.39 is 0 Å². The van der Waals surface area contributed by atoms with Crippen LogP contribution in [0.25, 0.3) is 5.69 Å². The Morgan fingerprint density at radius 3 is 2.39 bits per heavy atom. The van der Waals surface area contributed by atoms with Gasteiger partial charge in [0, 0.05) is 12.3 Å². The van der Waals surface area contributed by atoms with Crippen molar-refractivity contribution < 1.29 is 0 Å². The molecular formula is C14H18ClN3. The lowest BCUT2D eigenvalue weighted by Gasteiger charge is -2.18. The molecule has 0 fully saturated rings. The zero-order valence-corrected chi connectivity index (χ0v) is 11.8. The molecule has 2 aromatic rings. The van der Waals surface area contributed by atoms with Crippen LogP contribution in [0.4, 0.5) is 0 Å². The minimum Gasteiger partial charge on any atom is -0.220 e. The maximum atomic E-state index is 5.69. The molecule has 1 aromatic heterocycles. The van der Waals surface area contributed by atoms with Crippen molar-refractivity contribution in [1.29, 1.82) is 0 Å². The van der Waals surface area contributed by atoms with E-state index in [1.165, 1.54) is 5.56 Å². The van der Waals surface area contributed by atoms with E-state index in [0.29, 0.717) is 5.88 Å². The Hall–Kier alpha value is -1.35. The fourth-order valence-electron chi connectivity index (χ4n) is 1.75. The lowest BCUT2D eigenvalue weighted by atomic mass is 9.87. The van der Waals surface area contributed by atoms with Crippen LogP contribution in [0.5, 0.6) is 0 Å². The van der Waals surface area contributed by atoms with Crippen molar-refractivity contribution in [3.05, 3.63) is 41.7 Å². The van der Waals surface area contributed by atoms with Gasteiger partial charge in [-0.15, -0.1) is 16.7 Å². The molecule has 0 amide bonds. The number of benzene rings is 1. The average Bonchev–Trinajstić information content (AvgIpc) is 2.77. The van der Waals surface area contributed by atoms with Gasteiger partial charge >= 0.3 is 0 Å². The molecule has 0 saturated carbocycles. The normalized spacial score (nSPS) is 11.8. The second-order valence-corrected chi connectivity index (χ2v) is 5.77. The van der Waals surface area contributed by atoms with Gasteiger partial charge in [-0.2, -0.15) is 0 Å². The van der Waals surface area contributed by atoms with E-state index in [9.17, 15) is 0 Å². The lowest BCUT2D eigenvalue weighted by molar-refractivity contribution is 0.590. The smallest absolute Gasteiger partial charge is 0.0843 e. The summed E-state index contributed by atoms with van der Waals surface area (Å²) in [6.07, 6.45) is 2.68. The first-order chi connectivity index (χ1) is 8.50. The lowest BCUT2D eigenvalue weighted by Crippen LogP contribution is -2.10. The van der Waals surface area contributed by atoms with Crippen molar-refractivity contribution in [2.24, 2.45) is 0 Å². The van der Waals surface area contributed by atoms with Crippen molar-refractivity contribution in [2.45, 2.75) is 32.6 Å². The number of aryl methyl sites for hydroxylation is 1. The van der Waals surface area contributed by atoms with Crippen LogP contribution in [0.1, 0.15) is 32.0 Å². The van der Waals surface area contributed by atoms with Crippen LogP contribution in [0.15, 0.2) is 30.5 Å². The SMILES string of the molecule is CC(C)(C)c1ccc(-n2cc(CCCl)nn2)cc1. The van der Waals surface area contributed by atoms with Gasteiger partial charge in [-0.3, -0.25) is 0 Å². The zero-order chi connectivity index (χ0) is 13.2. The molecule has 0 radical (unpaired) electrons. The van der Waals surface area contributed by atoms with E-state index in [2.05, 4.69) is 55.3 Å². The average molecular weight is 264 g/mol. The van der Waals surface area contributed by atoms with Crippen molar-refractivity contribution >= 4 is 11.6 Å². The monoisotopic (exact) mass is 263 g/mol. The third-order valence-electron chi connectivity index (χ3n) is 2.89. The summed E-state index contributed by atoms with van der Waals surface area (Å²) < 4.78 is 1.79. The number of hydrogen-bond donors (Lipinski definition) is 0. The summed E-state index contributed by atoms with van der Waals surface area (Å²) in [5.74, 6) is 0.571. The molecule has 0 aliphatic heterocycles. The van der Waals surface area contributed by atoms with Crippen LogP contribution in [0.3, 0.4) is 0 Å². The van der Waals surface area contributed by atoms with Crippen molar-refractivity contribution in [3.63, 3.8) is 0 Å². The number of alkyl halides is 1. The maximum absolute atomic E-state index is 5.69. The van der Waals surface area contributed by atoms with Crippen molar-refractivity contribution in [1.82, 2.24) is 15.0 Å². The number of hydrogen-bond acceptors (Lipinski definition) is 2. The van der Waals surface area contributed by atoms with Crippen LogP contribution in [-0.2, 0) is 11.8 Å². The fraction of sp³-hybridized carbons (Fsp3) is 0.429. The minimum atomic E-state index is 0.171. The molecule has 0 atom stereocenters. The van der Waals surface area contributed by atoms with Gasteiger partial charge in [-0.05, 0) is 23.1 Å². The summed E-state index contributed by atoms with van der Waals surface area (Å²) in [4.78, 5) is 0. The van der Waals surface area contributed by atoms with Gasteiger partial charge in [-0.25, -0.2) is 4.68 Å². The van der Waals surface area contributed by atoms with Crippen LogP contribution < -0.4 is 0 Å². The highest BCUT2D eigenvalue weighted by Gasteiger charge is 2.13. The number of rotatable bonds is 3. The molecule has 0 N–H and O–H groups in total. The summed E-state index contributed by atoms with van der Waals surface area (Å²) in [6.45, 7) is 6.61. The molecule has 0 saturated heterocycles. The summed E-state index contributed by atoms with van der Waals surface area (Å²) in [7, 11) is 0. The topological polar surface area (TPSA) is 30.7 Å². The first-order valence-corrected chi connectivity index (χ1v) is 6.62. The van der Waals surface area contributed by atoms with Crippen molar-refractivity contribution in [2.75, 3.05) is 5.88 Å². The maximum Gasteiger partial charge on any atom is 0.0843 e. The van der Waals surface area contributed by atoms with Gasteiger partial charge in [0.25, 0.3) is 0 Å². The third-order valence-corrected chi connectivity index (χ3v) is 3.08. The summed E-state index contributed by atoms with van der Waals surface area (Å²) in [6, 6.07) is 8.41. The highest BCUT2D eigenvalue weighted by Crippen LogP contribution is 2.22. The van der Waals surface area contributed by atoms with Gasteiger partial charge in [0.1, 0.15) is 0 Å². The zero-order valence-electron chi connectivity index (χ0n) is 11.0. The molecule has 2 rings (SSSR count). The molecule has 96 valence electrons. The Morgan fingerprint density at radius 2 is 1.83 bits per heavy atom. The molecule has 1 heterocycles. The first-order valence-electron chi connectivity index (χ1n) is 6.09. The number of nitrogens with zero attached hydrogens (tertiary/aromatic N) is 3. The molecule has 0 aliphatic carbocycles. The van der Waals surface area contributed by atoms with Crippen LogP contribution in [0, 0.1) is 0 Å². The van der Waals surface area contributed by atoms with Crippen LogP contribution >= 0.6 is 11.6 Å². The Bertz CT molecular complexity index is 509. The minimum absolute atomic E-state index is 0.171. The highest BCUT2D eigenvalue weighted by molar-refractivity contribution is 6.17. The van der Waals surface area contributed by atoms with E-state index in [4.69, 9.17) is 11.6 Å². The van der Waals surface area contributed by atoms with Crippen molar-refractivity contribution in [3.8, 4) is 5.69 Å². The fourth-order valence-corrected chi connectivity index (χ4v) is 1.94. The van der Waals surface area contributed by atoms with Gasteiger partial charge in [0.2, 0.25) is 0 Å². The second-order valence-electron chi connectivity index (χ2n) is 5.39.